The highest BCUT2D eigenvalue weighted by Crippen LogP contribution is 2.43. The summed E-state index contributed by atoms with van der Waals surface area (Å²) in [5.74, 6) is 0.735. The van der Waals surface area contributed by atoms with Gasteiger partial charge in [-0.25, -0.2) is 9.98 Å². The largest absolute Gasteiger partial charge is 0.397 e. The molecule has 0 aromatic carbocycles. The first-order chi connectivity index (χ1) is 16.4. The van der Waals surface area contributed by atoms with Crippen molar-refractivity contribution in [2.75, 3.05) is 26.2 Å². The molecule has 1 aromatic heterocycles. The van der Waals surface area contributed by atoms with E-state index in [1.807, 2.05) is 18.5 Å². The fourth-order valence-corrected chi connectivity index (χ4v) is 3.92. The Bertz CT molecular complexity index is 1120. The molecular formula is C24H30FN9. The molecule has 1 aromatic rings. The van der Waals surface area contributed by atoms with Crippen LogP contribution in [-0.2, 0) is 0 Å². The second-order valence-electron chi connectivity index (χ2n) is 8.33. The van der Waals surface area contributed by atoms with E-state index < -0.39 is 5.97 Å². The molecule has 3 heterocycles. The first kappa shape index (κ1) is 23.2. The van der Waals surface area contributed by atoms with Gasteiger partial charge in [-0.3, -0.25) is 5.41 Å². The van der Waals surface area contributed by atoms with Gasteiger partial charge in [0.05, 0.1) is 5.70 Å². The second-order valence-corrected chi connectivity index (χ2v) is 8.33. The van der Waals surface area contributed by atoms with Crippen LogP contribution < -0.4 is 27.4 Å². The van der Waals surface area contributed by atoms with E-state index in [9.17, 15) is 4.39 Å². The van der Waals surface area contributed by atoms with Crippen molar-refractivity contribution in [2.45, 2.75) is 12.8 Å². The molecule has 1 aliphatic carbocycles. The lowest BCUT2D eigenvalue weighted by atomic mass is 9.97. The number of pyridine rings is 1. The number of aromatic nitrogens is 1. The summed E-state index contributed by atoms with van der Waals surface area (Å²) in [6, 6.07) is 3.58. The number of nitrogens with one attached hydrogen (secondary N) is 4. The minimum atomic E-state index is -1.10. The van der Waals surface area contributed by atoms with Crippen molar-refractivity contribution in [3.63, 3.8) is 0 Å². The Morgan fingerprint density at radius 3 is 2.76 bits per heavy atom. The van der Waals surface area contributed by atoms with Gasteiger partial charge in [-0.05, 0) is 48.6 Å². The summed E-state index contributed by atoms with van der Waals surface area (Å²) < 4.78 is 12.6. The van der Waals surface area contributed by atoms with E-state index in [0.717, 1.165) is 62.1 Å². The van der Waals surface area contributed by atoms with Gasteiger partial charge < -0.3 is 32.3 Å². The van der Waals surface area contributed by atoms with Crippen molar-refractivity contribution in [3.8, 4) is 0 Å². The van der Waals surface area contributed by atoms with Gasteiger partial charge >= 0.3 is 0 Å². The summed E-state index contributed by atoms with van der Waals surface area (Å²) in [4.78, 5) is 10.7. The molecule has 3 aliphatic rings. The van der Waals surface area contributed by atoms with Crippen molar-refractivity contribution in [1.82, 2.24) is 25.8 Å². The minimum absolute atomic E-state index is 0.0427. The molecule has 34 heavy (non-hydrogen) atoms. The van der Waals surface area contributed by atoms with Crippen LogP contribution in [0.15, 0.2) is 77.1 Å². The maximum atomic E-state index is 12.6. The fraction of sp³-hybridized carbons (Fsp3) is 0.292. The Kier molecular flexibility index (Phi) is 7.07. The third-order valence-corrected chi connectivity index (χ3v) is 5.75. The van der Waals surface area contributed by atoms with E-state index in [1.54, 1.807) is 12.3 Å². The molecule has 0 radical (unpaired) electrons. The third kappa shape index (κ3) is 5.70. The second kappa shape index (κ2) is 10.3. The smallest absolute Gasteiger partial charge is 0.205 e. The highest BCUT2D eigenvalue weighted by atomic mass is 19.1. The zero-order valence-electron chi connectivity index (χ0n) is 18.9. The van der Waals surface area contributed by atoms with E-state index in [2.05, 4.69) is 37.4 Å². The van der Waals surface area contributed by atoms with Gasteiger partial charge in [0.15, 0.2) is 5.82 Å². The predicted octanol–water partition coefficient (Wildman–Crippen LogP) is 1.95. The first-order valence-corrected chi connectivity index (χ1v) is 11.2. The zero-order chi connectivity index (χ0) is 24.1. The molecule has 8 N–H and O–H groups in total. The van der Waals surface area contributed by atoms with E-state index in [4.69, 9.17) is 16.9 Å². The molecular weight excluding hydrogens is 433 g/mol. The van der Waals surface area contributed by atoms with Crippen molar-refractivity contribution in [3.05, 3.63) is 77.7 Å². The van der Waals surface area contributed by atoms with Crippen LogP contribution in [0.3, 0.4) is 0 Å². The summed E-state index contributed by atoms with van der Waals surface area (Å²) in [5.41, 5.74) is 16.6. The van der Waals surface area contributed by atoms with Crippen LogP contribution in [-0.4, -0.2) is 47.9 Å². The minimum Gasteiger partial charge on any atom is -0.397 e. The molecule has 0 atom stereocenters. The number of halogens is 1. The Balaban J connectivity index is 1.64. The predicted molar refractivity (Wildman–Crippen MR) is 133 cm³/mol. The third-order valence-electron chi connectivity index (χ3n) is 5.75. The number of aliphatic imine (C=N–C) groups is 1. The highest BCUT2D eigenvalue weighted by Gasteiger charge is 2.33. The van der Waals surface area contributed by atoms with Gasteiger partial charge in [-0.2, -0.15) is 4.39 Å². The van der Waals surface area contributed by atoms with Crippen LogP contribution in [0.4, 0.5) is 10.2 Å². The molecule has 9 nitrogen and oxygen atoms in total. The topological polar surface area (TPSA) is 140 Å². The average Bonchev–Trinajstić information content (AvgIpc) is 3.67. The van der Waals surface area contributed by atoms with Gasteiger partial charge in [0.2, 0.25) is 5.97 Å². The maximum absolute atomic E-state index is 12.6. The molecule has 1 saturated carbocycles. The molecule has 0 unspecified atom stereocenters. The summed E-state index contributed by atoms with van der Waals surface area (Å²) in [7, 11) is 0. The van der Waals surface area contributed by atoms with E-state index in [1.165, 1.54) is 11.6 Å². The van der Waals surface area contributed by atoms with E-state index in [-0.39, 0.29) is 5.84 Å². The van der Waals surface area contributed by atoms with Gasteiger partial charge in [-0.1, -0.05) is 6.58 Å². The molecule has 0 amide bonds. The number of nitrogens with zero attached hydrogens (tertiary/aromatic N) is 3. The number of amidine groups is 1. The molecule has 0 spiro atoms. The number of hydrogen-bond donors (Lipinski definition) is 6. The van der Waals surface area contributed by atoms with Crippen LogP contribution in [0.25, 0.3) is 5.70 Å². The number of hydrogen-bond acceptors (Lipinski definition) is 8. The van der Waals surface area contributed by atoms with Crippen LogP contribution in [0, 0.1) is 11.3 Å². The van der Waals surface area contributed by atoms with E-state index >= 15 is 0 Å². The molecule has 2 fully saturated rings. The lowest BCUT2D eigenvalue weighted by molar-refractivity contribution is 0.286. The highest BCUT2D eigenvalue weighted by molar-refractivity contribution is 5.98. The summed E-state index contributed by atoms with van der Waals surface area (Å²) >= 11 is 0. The quantitative estimate of drug-likeness (QED) is 0.256. The first-order valence-electron chi connectivity index (χ1n) is 11.2. The van der Waals surface area contributed by atoms with Crippen LogP contribution in [0.1, 0.15) is 18.4 Å². The Hall–Kier alpha value is -3.92. The lowest BCUT2D eigenvalue weighted by Crippen LogP contribution is -2.46. The molecule has 10 heteroatoms. The molecule has 1 saturated heterocycles. The van der Waals surface area contributed by atoms with Gasteiger partial charge in [0, 0.05) is 61.6 Å². The standard InChI is InChI=1S/C24H30FN9/c1-15(17-6-7-31-22(12-17)33-21(28)5-4-20(25)27)32-24(34-10-8-29-9-11-34)23-18(16-2-3-16)13-30-14-19(23)26/h4-7,12-14,16,27,29-30,32H,1-3,8-11,26H2,(H2,28,31,33). The zero-order valence-corrected chi connectivity index (χ0v) is 18.9. The van der Waals surface area contributed by atoms with E-state index in [0.29, 0.717) is 23.1 Å². The summed E-state index contributed by atoms with van der Waals surface area (Å²) in [6.07, 6.45) is 9.93. The van der Waals surface area contributed by atoms with Crippen molar-refractivity contribution in [1.29, 1.82) is 5.41 Å². The van der Waals surface area contributed by atoms with Crippen molar-refractivity contribution < 1.29 is 4.39 Å². The van der Waals surface area contributed by atoms with Gasteiger partial charge in [0.1, 0.15) is 11.7 Å². The molecule has 0 bridgehead atoms. The van der Waals surface area contributed by atoms with Crippen molar-refractivity contribution >= 4 is 23.3 Å². The van der Waals surface area contributed by atoms with Gasteiger partial charge in [-0.15, -0.1) is 0 Å². The average molecular weight is 464 g/mol. The fourth-order valence-electron chi connectivity index (χ4n) is 3.92. The lowest BCUT2D eigenvalue weighted by Gasteiger charge is -2.35. The Morgan fingerprint density at radius 2 is 2.06 bits per heavy atom. The monoisotopic (exact) mass is 463 g/mol. The number of nitrogens with two attached hydrogens (primary N) is 2. The van der Waals surface area contributed by atoms with Crippen LogP contribution in [0.2, 0.25) is 0 Å². The van der Waals surface area contributed by atoms with Crippen molar-refractivity contribution in [2.24, 2.45) is 22.4 Å². The summed E-state index contributed by atoms with van der Waals surface area (Å²) in [6.45, 7) is 7.71. The summed E-state index contributed by atoms with van der Waals surface area (Å²) in [5, 5.41) is 16.9. The van der Waals surface area contributed by atoms with Gasteiger partial charge in [0.25, 0.3) is 0 Å². The SMILES string of the molecule is C=C(NC(=C1C(N)=CNC=C1C1CC1)N1CCNCC1)c1ccnc(N=C(N)C=CC(=N)F)c1. The number of allylic oxidation sites excluding steroid dienone is 2. The molecule has 178 valence electrons. The normalized spacial score (nSPS) is 20.4. The Labute approximate surface area is 198 Å². The number of rotatable bonds is 8. The maximum Gasteiger partial charge on any atom is 0.205 e. The van der Waals surface area contributed by atoms with Crippen LogP contribution in [0.5, 0.6) is 0 Å². The Morgan fingerprint density at radius 1 is 1.29 bits per heavy atom. The van der Waals surface area contributed by atoms with Crippen LogP contribution >= 0.6 is 0 Å². The number of piperazine rings is 1. The molecule has 2 aliphatic heterocycles. The number of dihydropyridines is 1. The molecule has 4 rings (SSSR count).